The minimum atomic E-state index is -0.397. The highest BCUT2D eigenvalue weighted by atomic mass is 16.5. The Morgan fingerprint density at radius 1 is 1.25 bits per heavy atom. The Morgan fingerprint density at radius 3 is 2.86 bits per heavy atom. The van der Waals surface area contributed by atoms with Crippen LogP contribution in [0.3, 0.4) is 0 Å². The van der Waals surface area contributed by atoms with Gasteiger partial charge in [-0.2, -0.15) is 0 Å². The maximum atomic E-state index is 13.0. The van der Waals surface area contributed by atoms with Crippen molar-refractivity contribution < 1.29 is 14.3 Å². The number of nitrogens with one attached hydrogen (secondary N) is 1. The van der Waals surface area contributed by atoms with Gasteiger partial charge in [0.1, 0.15) is 23.8 Å². The van der Waals surface area contributed by atoms with E-state index in [1.807, 2.05) is 24.6 Å². The number of pyridine rings is 2. The van der Waals surface area contributed by atoms with Crippen LogP contribution >= 0.6 is 0 Å². The van der Waals surface area contributed by atoms with Crippen LogP contribution in [0.15, 0.2) is 43.0 Å². The number of rotatable bonds is 8. The zero-order valence-electron chi connectivity index (χ0n) is 20.1. The van der Waals surface area contributed by atoms with Crippen molar-refractivity contribution in [2.45, 2.75) is 45.6 Å². The Labute approximate surface area is 206 Å². The molecule has 1 aliphatic rings. The fourth-order valence-electron chi connectivity index (χ4n) is 3.75. The minimum Gasteiger partial charge on any atom is -0.464 e. The van der Waals surface area contributed by atoms with Gasteiger partial charge in [-0.1, -0.05) is 6.07 Å². The predicted octanol–water partition coefficient (Wildman–Crippen LogP) is 2.88. The number of ether oxygens (including phenoxy) is 1. The summed E-state index contributed by atoms with van der Waals surface area (Å²) in [6.45, 7) is 5.22. The maximum Gasteiger partial charge on any atom is 0.302 e. The molecule has 1 atom stereocenters. The number of aromatic nitrogens is 8. The van der Waals surface area contributed by atoms with Gasteiger partial charge in [0.05, 0.1) is 23.8 Å². The molecule has 1 amide bonds. The standard InChI is InChI=1S/C24H25N9O3/c1-14-10-25-19(9-21(14)32-11-20(26-13-32)17-7-8-17)24(35)28-22-6-4-5-18(27-22)23-29-30-31-33(23)15(2)12-36-16(3)34/h4-6,9-11,13,15,17H,7-8,12H2,1-3H3,(H,27,28,35). The van der Waals surface area contributed by atoms with E-state index in [0.29, 0.717) is 23.3 Å². The molecular weight excluding hydrogens is 462 g/mol. The highest BCUT2D eigenvalue weighted by Crippen LogP contribution is 2.39. The number of carbonyl (C=O) groups is 2. The van der Waals surface area contributed by atoms with Gasteiger partial charge in [0, 0.05) is 25.2 Å². The first-order valence-corrected chi connectivity index (χ1v) is 11.6. The van der Waals surface area contributed by atoms with Crippen LogP contribution in [0.4, 0.5) is 5.82 Å². The summed E-state index contributed by atoms with van der Waals surface area (Å²) in [6.07, 6.45) is 7.80. The van der Waals surface area contributed by atoms with Crippen LogP contribution < -0.4 is 5.32 Å². The van der Waals surface area contributed by atoms with E-state index in [1.54, 1.807) is 36.8 Å². The lowest BCUT2D eigenvalue weighted by Crippen LogP contribution is -2.17. The molecule has 36 heavy (non-hydrogen) atoms. The molecule has 0 aliphatic heterocycles. The summed E-state index contributed by atoms with van der Waals surface area (Å²) >= 11 is 0. The van der Waals surface area contributed by atoms with Crippen molar-refractivity contribution in [3.05, 3.63) is 59.9 Å². The molecule has 0 saturated heterocycles. The van der Waals surface area contributed by atoms with Gasteiger partial charge in [0.25, 0.3) is 5.91 Å². The number of tetrazole rings is 1. The summed E-state index contributed by atoms with van der Waals surface area (Å²) in [4.78, 5) is 37.5. The summed E-state index contributed by atoms with van der Waals surface area (Å²) in [7, 11) is 0. The van der Waals surface area contributed by atoms with Gasteiger partial charge in [0.2, 0.25) is 5.82 Å². The number of hydrogen-bond donors (Lipinski definition) is 1. The number of anilines is 1. The van der Waals surface area contributed by atoms with Crippen LogP contribution in [0, 0.1) is 6.92 Å². The first-order chi connectivity index (χ1) is 17.4. The lowest BCUT2D eigenvalue weighted by atomic mass is 10.2. The lowest BCUT2D eigenvalue weighted by molar-refractivity contribution is -0.142. The SMILES string of the molecule is CC(=O)OCC(C)n1nnnc1-c1cccc(NC(=O)c2cc(-n3cnc(C4CC4)c3)c(C)cn2)n1. The van der Waals surface area contributed by atoms with Gasteiger partial charge in [-0.3, -0.25) is 14.6 Å². The molecule has 4 heterocycles. The van der Waals surface area contributed by atoms with Crippen LogP contribution in [0.2, 0.25) is 0 Å². The normalized spacial score (nSPS) is 13.9. The molecule has 12 heteroatoms. The van der Waals surface area contributed by atoms with E-state index in [2.05, 4.69) is 35.8 Å². The molecule has 5 rings (SSSR count). The molecule has 12 nitrogen and oxygen atoms in total. The zero-order chi connectivity index (χ0) is 25.2. The second-order valence-corrected chi connectivity index (χ2v) is 8.80. The number of hydrogen-bond acceptors (Lipinski definition) is 9. The monoisotopic (exact) mass is 487 g/mol. The quantitative estimate of drug-likeness (QED) is 0.371. The van der Waals surface area contributed by atoms with Crippen LogP contribution in [0.25, 0.3) is 17.2 Å². The third-order valence-electron chi connectivity index (χ3n) is 5.84. The summed E-state index contributed by atoms with van der Waals surface area (Å²) < 4.78 is 8.51. The van der Waals surface area contributed by atoms with Gasteiger partial charge in [-0.15, -0.1) is 5.10 Å². The molecule has 0 radical (unpaired) electrons. The average molecular weight is 488 g/mol. The van der Waals surface area contributed by atoms with E-state index in [1.165, 1.54) is 24.4 Å². The summed E-state index contributed by atoms with van der Waals surface area (Å²) in [6, 6.07) is 6.58. The second-order valence-electron chi connectivity index (χ2n) is 8.80. The smallest absolute Gasteiger partial charge is 0.302 e. The number of amides is 1. The van der Waals surface area contributed by atoms with Gasteiger partial charge in [0.15, 0.2) is 0 Å². The van der Waals surface area contributed by atoms with E-state index in [-0.39, 0.29) is 24.3 Å². The van der Waals surface area contributed by atoms with Crippen molar-refractivity contribution in [2.75, 3.05) is 11.9 Å². The van der Waals surface area contributed by atoms with E-state index in [4.69, 9.17) is 4.74 Å². The van der Waals surface area contributed by atoms with Crippen molar-refractivity contribution >= 4 is 17.7 Å². The summed E-state index contributed by atoms with van der Waals surface area (Å²) in [5.74, 6) is 0.463. The molecule has 1 unspecified atom stereocenters. The molecular formula is C24H25N9O3. The van der Waals surface area contributed by atoms with Crippen molar-refractivity contribution in [1.82, 2.24) is 39.7 Å². The highest BCUT2D eigenvalue weighted by molar-refractivity contribution is 6.02. The fraction of sp³-hybridized carbons (Fsp3) is 0.333. The highest BCUT2D eigenvalue weighted by Gasteiger charge is 2.26. The van der Waals surface area contributed by atoms with Gasteiger partial charge in [-0.05, 0) is 60.9 Å². The molecule has 1 N–H and O–H groups in total. The van der Waals surface area contributed by atoms with E-state index >= 15 is 0 Å². The Morgan fingerprint density at radius 2 is 2.08 bits per heavy atom. The third kappa shape index (κ3) is 4.97. The predicted molar refractivity (Wildman–Crippen MR) is 128 cm³/mol. The number of carbonyl (C=O) groups excluding carboxylic acids is 2. The molecule has 1 fully saturated rings. The fourth-order valence-corrected chi connectivity index (χ4v) is 3.75. The summed E-state index contributed by atoms with van der Waals surface area (Å²) in [5, 5.41) is 14.6. The van der Waals surface area contributed by atoms with E-state index in [9.17, 15) is 9.59 Å². The Bertz CT molecular complexity index is 1420. The lowest BCUT2D eigenvalue weighted by Gasteiger charge is -2.13. The van der Waals surface area contributed by atoms with Gasteiger partial charge < -0.3 is 14.6 Å². The molecule has 1 saturated carbocycles. The van der Waals surface area contributed by atoms with Crippen molar-refractivity contribution in [1.29, 1.82) is 0 Å². The maximum absolute atomic E-state index is 13.0. The third-order valence-corrected chi connectivity index (χ3v) is 5.84. The van der Waals surface area contributed by atoms with E-state index in [0.717, 1.165) is 16.9 Å². The molecule has 0 spiro atoms. The topological polar surface area (TPSA) is 143 Å². The molecule has 4 aromatic heterocycles. The molecule has 184 valence electrons. The zero-order valence-corrected chi connectivity index (χ0v) is 20.1. The second kappa shape index (κ2) is 9.64. The van der Waals surface area contributed by atoms with Gasteiger partial charge in [-0.25, -0.2) is 14.6 Å². The Balaban J connectivity index is 1.34. The first-order valence-electron chi connectivity index (χ1n) is 11.6. The minimum absolute atomic E-state index is 0.115. The molecule has 1 aliphatic carbocycles. The number of aryl methyl sites for hydroxylation is 1. The largest absolute Gasteiger partial charge is 0.464 e. The summed E-state index contributed by atoms with van der Waals surface area (Å²) in [5.41, 5.74) is 3.56. The average Bonchev–Trinajstić information content (AvgIpc) is 3.38. The van der Waals surface area contributed by atoms with Crippen molar-refractivity contribution in [2.24, 2.45) is 0 Å². The van der Waals surface area contributed by atoms with Crippen LogP contribution in [-0.2, 0) is 9.53 Å². The number of nitrogens with zero attached hydrogens (tertiary/aromatic N) is 8. The van der Waals surface area contributed by atoms with Crippen molar-refractivity contribution in [3.63, 3.8) is 0 Å². The van der Waals surface area contributed by atoms with E-state index < -0.39 is 5.91 Å². The van der Waals surface area contributed by atoms with Gasteiger partial charge >= 0.3 is 5.97 Å². The van der Waals surface area contributed by atoms with Crippen molar-refractivity contribution in [3.8, 4) is 17.2 Å². The van der Waals surface area contributed by atoms with Crippen LogP contribution in [0.5, 0.6) is 0 Å². The van der Waals surface area contributed by atoms with Crippen LogP contribution in [0.1, 0.15) is 60.4 Å². The molecule has 4 aromatic rings. The molecule has 0 aromatic carbocycles. The Kier molecular flexibility index (Phi) is 6.23. The molecule has 0 bridgehead atoms. The first kappa shape index (κ1) is 23.3. The van der Waals surface area contributed by atoms with Crippen LogP contribution in [-0.4, -0.2) is 58.2 Å². The number of esters is 1. The number of imidazole rings is 1. The Hall–Kier alpha value is -4.48.